The first-order valence-corrected chi connectivity index (χ1v) is 10.3. The lowest BCUT2D eigenvalue weighted by atomic mass is 10.1. The van der Waals surface area contributed by atoms with E-state index in [-0.39, 0.29) is 5.91 Å². The van der Waals surface area contributed by atoms with Crippen LogP contribution in [0, 0.1) is 6.92 Å². The van der Waals surface area contributed by atoms with Gasteiger partial charge in [0.05, 0.1) is 10.7 Å². The first kappa shape index (κ1) is 17.4. The number of aryl methyl sites for hydroxylation is 1. The van der Waals surface area contributed by atoms with E-state index in [2.05, 4.69) is 15.1 Å². The van der Waals surface area contributed by atoms with Crippen molar-refractivity contribution in [3.05, 3.63) is 33.9 Å². The third kappa shape index (κ3) is 3.58. The van der Waals surface area contributed by atoms with Crippen molar-refractivity contribution < 1.29 is 4.79 Å². The predicted octanol–water partition coefficient (Wildman–Crippen LogP) is 3.25. The van der Waals surface area contributed by atoms with Crippen LogP contribution in [0.3, 0.4) is 0 Å². The minimum atomic E-state index is 0.144. The molecule has 4 rings (SSSR count). The van der Waals surface area contributed by atoms with Crippen molar-refractivity contribution in [2.24, 2.45) is 0 Å². The molecule has 0 bridgehead atoms. The van der Waals surface area contributed by atoms with Crippen LogP contribution < -0.4 is 4.90 Å². The minimum absolute atomic E-state index is 0.144. The third-order valence-corrected chi connectivity index (χ3v) is 6.69. The SMILES string of the molecule is Cc1nc(C2CCCC2)sc1C(=O)N1CCCN(c2cccnn2)CC1. The predicted molar refractivity (Wildman–Crippen MR) is 103 cm³/mol. The topological polar surface area (TPSA) is 62.2 Å². The fourth-order valence-electron chi connectivity index (χ4n) is 3.92. The van der Waals surface area contributed by atoms with Crippen LogP contribution in [0.4, 0.5) is 5.82 Å². The van der Waals surface area contributed by atoms with Crippen molar-refractivity contribution in [2.45, 2.75) is 44.9 Å². The minimum Gasteiger partial charge on any atom is -0.353 e. The maximum Gasteiger partial charge on any atom is 0.265 e. The molecule has 1 aliphatic carbocycles. The highest BCUT2D eigenvalue weighted by atomic mass is 32.1. The number of carbonyl (C=O) groups excluding carboxylic acids is 1. The third-order valence-electron chi connectivity index (χ3n) is 5.38. The molecule has 0 unspecified atom stereocenters. The lowest BCUT2D eigenvalue weighted by Gasteiger charge is -2.22. The first-order valence-electron chi connectivity index (χ1n) is 9.51. The van der Waals surface area contributed by atoms with Gasteiger partial charge in [0.15, 0.2) is 5.82 Å². The van der Waals surface area contributed by atoms with Crippen molar-refractivity contribution in [1.82, 2.24) is 20.1 Å². The monoisotopic (exact) mass is 371 g/mol. The molecule has 0 atom stereocenters. The van der Waals surface area contributed by atoms with Gasteiger partial charge in [-0.05, 0) is 38.3 Å². The van der Waals surface area contributed by atoms with Gasteiger partial charge in [0.1, 0.15) is 4.88 Å². The summed E-state index contributed by atoms with van der Waals surface area (Å²) >= 11 is 1.62. The highest BCUT2D eigenvalue weighted by Crippen LogP contribution is 2.37. The van der Waals surface area contributed by atoms with E-state index in [1.165, 1.54) is 30.7 Å². The number of hydrogen-bond acceptors (Lipinski definition) is 6. The molecule has 0 spiro atoms. The van der Waals surface area contributed by atoms with Crippen LogP contribution in [0.25, 0.3) is 0 Å². The molecule has 2 aromatic rings. The van der Waals surface area contributed by atoms with Crippen molar-refractivity contribution in [3.63, 3.8) is 0 Å². The molecule has 1 aliphatic heterocycles. The molecule has 2 fully saturated rings. The Hall–Kier alpha value is -2.02. The number of thiazole rings is 1. The second-order valence-electron chi connectivity index (χ2n) is 7.16. The van der Waals surface area contributed by atoms with Crippen molar-refractivity contribution in [1.29, 1.82) is 0 Å². The highest BCUT2D eigenvalue weighted by Gasteiger charge is 2.27. The van der Waals surface area contributed by atoms with Gasteiger partial charge in [-0.3, -0.25) is 4.79 Å². The standard InChI is InChI=1S/C19H25N5OS/c1-14-17(26-18(21-14)15-6-2-3-7-15)19(25)24-11-5-10-23(12-13-24)16-8-4-9-20-22-16/h4,8-9,15H,2-3,5-7,10-13H2,1H3. The fraction of sp³-hybridized carbons (Fsp3) is 0.579. The summed E-state index contributed by atoms with van der Waals surface area (Å²) in [7, 11) is 0. The second-order valence-corrected chi connectivity index (χ2v) is 8.19. The smallest absolute Gasteiger partial charge is 0.265 e. The van der Waals surface area contributed by atoms with E-state index in [9.17, 15) is 4.79 Å². The number of carbonyl (C=O) groups is 1. The summed E-state index contributed by atoms with van der Waals surface area (Å²) < 4.78 is 0. The van der Waals surface area contributed by atoms with Gasteiger partial charge in [-0.1, -0.05) is 12.8 Å². The molecule has 2 aromatic heterocycles. The molecule has 3 heterocycles. The van der Waals surface area contributed by atoms with Crippen LogP contribution in [0.5, 0.6) is 0 Å². The summed E-state index contributed by atoms with van der Waals surface area (Å²) in [5.41, 5.74) is 0.900. The zero-order chi connectivity index (χ0) is 17.9. The molecule has 7 heteroatoms. The van der Waals surface area contributed by atoms with Gasteiger partial charge in [0, 0.05) is 38.3 Å². The Morgan fingerprint density at radius 3 is 2.77 bits per heavy atom. The van der Waals surface area contributed by atoms with Gasteiger partial charge >= 0.3 is 0 Å². The molecule has 0 radical (unpaired) electrons. The van der Waals surface area contributed by atoms with Crippen LogP contribution in [0.15, 0.2) is 18.3 Å². The lowest BCUT2D eigenvalue weighted by Crippen LogP contribution is -2.35. The van der Waals surface area contributed by atoms with Crippen LogP contribution in [0.1, 0.15) is 58.4 Å². The Balaban J connectivity index is 1.45. The van der Waals surface area contributed by atoms with E-state index >= 15 is 0 Å². The molecule has 1 amide bonds. The van der Waals surface area contributed by atoms with E-state index in [1.54, 1.807) is 17.5 Å². The van der Waals surface area contributed by atoms with E-state index in [0.29, 0.717) is 12.5 Å². The summed E-state index contributed by atoms with van der Waals surface area (Å²) in [6.45, 7) is 5.16. The largest absolute Gasteiger partial charge is 0.353 e. The van der Waals surface area contributed by atoms with Gasteiger partial charge in [-0.2, -0.15) is 5.10 Å². The second kappa shape index (κ2) is 7.70. The van der Waals surface area contributed by atoms with Gasteiger partial charge in [0.2, 0.25) is 0 Å². The van der Waals surface area contributed by atoms with Crippen molar-refractivity contribution in [2.75, 3.05) is 31.1 Å². The van der Waals surface area contributed by atoms with Crippen molar-refractivity contribution in [3.8, 4) is 0 Å². The summed E-state index contributed by atoms with van der Waals surface area (Å²) in [6.07, 6.45) is 7.64. The number of hydrogen-bond donors (Lipinski definition) is 0. The highest BCUT2D eigenvalue weighted by molar-refractivity contribution is 7.13. The maximum atomic E-state index is 13.1. The van der Waals surface area contributed by atoms with Gasteiger partial charge < -0.3 is 9.80 Å². The van der Waals surface area contributed by atoms with Gasteiger partial charge in [-0.25, -0.2) is 4.98 Å². The Bertz CT molecular complexity index is 757. The Labute approximate surface area is 158 Å². The van der Waals surface area contributed by atoms with E-state index < -0.39 is 0 Å². The molecule has 1 saturated heterocycles. The Morgan fingerprint density at radius 2 is 2.00 bits per heavy atom. The summed E-state index contributed by atoms with van der Waals surface area (Å²) in [6, 6.07) is 3.88. The van der Waals surface area contributed by atoms with Crippen LogP contribution in [-0.4, -0.2) is 52.2 Å². The Morgan fingerprint density at radius 1 is 1.15 bits per heavy atom. The normalized spacial score (nSPS) is 19.0. The van der Waals surface area contributed by atoms with E-state index in [1.807, 2.05) is 24.0 Å². The van der Waals surface area contributed by atoms with Gasteiger partial charge in [0.25, 0.3) is 5.91 Å². The molecule has 2 aliphatic rings. The Kier molecular flexibility index (Phi) is 5.15. The number of amides is 1. The summed E-state index contributed by atoms with van der Waals surface area (Å²) in [5.74, 6) is 1.60. The molecular formula is C19H25N5OS. The molecule has 0 aromatic carbocycles. The average Bonchev–Trinajstić information content (AvgIpc) is 3.26. The van der Waals surface area contributed by atoms with Crippen molar-refractivity contribution >= 4 is 23.1 Å². The molecular weight excluding hydrogens is 346 g/mol. The number of nitrogens with zero attached hydrogens (tertiary/aromatic N) is 5. The molecule has 138 valence electrons. The van der Waals surface area contributed by atoms with Crippen LogP contribution in [-0.2, 0) is 0 Å². The lowest BCUT2D eigenvalue weighted by molar-refractivity contribution is 0.0771. The first-order chi connectivity index (χ1) is 12.7. The zero-order valence-electron chi connectivity index (χ0n) is 15.2. The number of aromatic nitrogens is 3. The van der Waals surface area contributed by atoms with Gasteiger partial charge in [-0.15, -0.1) is 16.4 Å². The molecule has 1 saturated carbocycles. The van der Waals surface area contributed by atoms with E-state index in [4.69, 9.17) is 4.98 Å². The number of anilines is 1. The number of rotatable bonds is 3. The average molecular weight is 372 g/mol. The van der Waals surface area contributed by atoms with Crippen LogP contribution >= 0.6 is 11.3 Å². The fourth-order valence-corrected chi connectivity index (χ4v) is 5.12. The van der Waals surface area contributed by atoms with Crippen LogP contribution in [0.2, 0.25) is 0 Å². The maximum absolute atomic E-state index is 13.1. The molecule has 26 heavy (non-hydrogen) atoms. The molecule has 0 N–H and O–H groups in total. The van der Waals surface area contributed by atoms with E-state index in [0.717, 1.165) is 42.4 Å². The quantitative estimate of drug-likeness (QED) is 0.829. The summed E-state index contributed by atoms with van der Waals surface area (Å²) in [4.78, 5) is 22.9. The summed E-state index contributed by atoms with van der Waals surface area (Å²) in [5, 5.41) is 9.33. The zero-order valence-corrected chi connectivity index (χ0v) is 16.0. The molecule has 6 nitrogen and oxygen atoms in total.